The van der Waals surface area contributed by atoms with Gasteiger partial charge in [0, 0.05) is 6.61 Å². The maximum absolute atomic E-state index is 8.92. The second kappa shape index (κ2) is 9.69. The third-order valence-electron chi connectivity index (χ3n) is 2.24. The molecule has 2 rings (SSSR count). The molecule has 0 saturated carbocycles. The Bertz CT molecular complexity index is 196. The van der Waals surface area contributed by atoms with Gasteiger partial charge in [-0.25, -0.2) is 0 Å². The van der Waals surface area contributed by atoms with Crippen molar-refractivity contribution < 1.29 is 24.4 Å². The van der Waals surface area contributed by atoms with Crippen molar-refractivity contribution in [1.29, 1.82) is 0 Å². The predicted molar refractivity (Wildman–Crippen MR) is 71.5 cm³/mol. The summed E-state index contributed by atoms with van der Waals surface area (Å²) in [7, 11) is 0. The third-order valence-corrected chi connectivity index (χ3v) is 2.24. The van der Waals surface area contributed by atoms with Crippen molar-refractivity contribution in [2.75, 3.05) is 19.8 Å². The Balaban J connectivity index is 0. The molecule has 2 fully saturated rings. The molecule has 0 bridgehead atoms. The van der Waals surface area contributed by atoms with Crippen LogP contribution in [-0.2, 0) is 14.2 Å². The highest BCUT2D eigenvalue weighted by Crippen LogP contribution is 2.34. The molecule has 0 radical (unpaired) electrons. The van der Waals surface area contributed by atoms with Crippen LogP contribution in [0.25, 0.3) is 0 Å². The summed E-state index contributed by atoms with van der Waals surface area (Å²) < 4.78 is 16.4. The van der Waals surface area contributed by atoms with E-state index in [4.69, 9.17) is 24.4 Å². The molecule has 5 heteroatoms. The lowest BCUT2D eigenvalue weighted by Crippen LogP contribution is -2.31. The van der Waals surface area contributed by atoms with Gasteiger partial charge in [0.1, 0.15) is 18.3 Å². The summed E-state index contributed by atoms with van der Waals surface area (Å²) in [5.41, 5.74) is 0. The smallest absolute Gasteiger partial charge is 0.164 e. The molecule has 0 spiro atoms. The summed E-state index contributed by atoms with van der Waals surface area (Å²) in [6.45, 7) is 10.2. The first-order valence-electron chi connectivity index (χ1n) is 6.23. The number of rotatable bonds is 1. The molecule has 2 N–H and O–H groups in total. The van der Waals surface area contributed by atoms with Crippen LogP contribution in [0.4, 0.5) is 0 Å². The van der Waals surface area contributed by atoms with E-state index in [0.29, 0.717) is 6.61 Å². The van der Waals surface area contributed by atoms with E-state index in [1.807, 2.05) is 27.7 Å². The Hall–Kier alpha value is -0.200. The third kappa shape index (κ3) is 5.63. The largest absolute Gasteiger partial charge is 0.397 e. The van der Waals surface area contributed by atoms with Crippen molar-refractivity contribution in [3.8, 4) is 0 Å². The second-order valence-electron chi connectivity index (χ2n) is 4.01. The molecule has 0 aromatic rings. The maximum atomic E-state index is 8.92. The first-order valence-corrected chi connectivity index (χ1v) is 6.23. The molecule has 0 aliphatic carbocycles. The Morgan fingerprint density at radius 3 is 2.11 bits per heavy atom. The molecule has 2 aliphatic heterocycles. The van der Waals surface area contributed by atoms with Crippen LogP contribution < -0.4 is 0 Å². The summed E-state index contributed by atoms with van der Waals surface area (Å²) >= 11 is 0. The molecule has 0 aromatic carbocycles. The van der Waals surface area contributed by atoms with Crippen LogP contribution in [0.1, 0.15) is 42.0 Å². The Labute approximate surface area is 111 Å². The van der Waals surface area contributed by atoms with Crippen molar-refractivity contribution in [1.82, 2.24) is 0 Å². The summed E-state index contributed by atoms with van der Waals surface area (Å²) in [6, 6.07) is 0. The predicted octanol–water partition coefficient (Wildman–Crippen LogP) is 1.56. The molecule has 112 valence electrons. The Morgan fingerprint density at radius 2 is 1.67 bits per heavy atom. The van der Waals surface area contributed by atoms with E-state index in [9.17, 15) is 0 Å². The van der Waals surface area contributed by atoms with Crippen LogP contribution in [0, 0.1) is 0 Å². The summed E-state index contributed by atoms with van der Waals surface area (Å²) in [5.74, 6) is -0.521. The van der Waals surface area contributed by atoms with E-state index in [2.05, 4.69) is 0 Å². The lowest BCUT2D eigenvalue weighted by molar-refractivity contribution is -0.177. The van der Waals surface area contributed by atoms with Crippen LogP contribution in [0.2, 0.25) is 0 Å². The van der Waals surface area contributed by atoms with E-state index < -0.39 is 5.79 Å². The molecule has 2 heterocycles. The molecule has 0 amide bonds. The number of aliphatic hydroxyl groups is 2. The molecular formula is C13H30O5. The minimum absolute atomic E-state index is 0. The van der Waals surface area contributed by atoms with E-state index in [0.717, 1.165) is 0 Å². The molecule has 2 unspecified atom stereocenters. The second-order valence-corrected chi connectivity index (χ2v) is 4.01. The Morgan fingerprint density at radius 1 is 1.17 bits per heavy atom. The van der Waals surface area contributed by atoms with Gasteiger partial charge in [-0.1, -0.05) is 21.3 Å². The van der Waals surface area contributed by atoms with Gasteiger partial charge in [-0.3, -0.25) is 0 Å². The average Bonchev–Trinajstić information content (AvgIpc) is 2.77. The van der Waals surface area contributed by atoms with Crippen molar-refractivity contribution >= 4 is 0 Å². The summed E-state index contributed by atoms with van der Waals surface area (Å²) in [4.78, 5) is 0. The molecular weight excluding hydrogens is 236 g/mol. The first-order chi connectivity index (χ1) is 8.04. The number of fused-ring (bicyclic) bond motifs is 1. The lowest BCUT2D eigenvalue weighted by atomic mass is 10.2. The summed E-state index contributed by atoms with van der Waals surface area (Å²) in [5, 5.41) is 16.5. The monoisotopic (exact) mass is 266 g/mol. The fraction of sp³-hybridized carbons (Fsp3) is 1.00. The zero-order valence-corrected chi connectivity index (χ0v) is 11.5. The van der Waals surface area contributed by atoms with E-state index in [-0.39, 0.29) is 39.0 Å². The minimum Gasteiger partial charge on any atom is -0.397 e. The van der Waals surface area contributed by atoms with E-state index >= 15 is 0 Å². The molecule has 0 aromatic heterocycles. The van der Waals surface area contributed by atoms with Gasteiger partial charge in [0.25, 0.3) is 0 Å². The number of hydrogen-bond acceptors (Lipinski definition) is 5. The van der Waals surface area contributed by atoms with Gasteiger partial charge in [0.15, 0.2) is 5.79 Å². The molecule has 5 nitrogen and oxygen atoms in total. The van der Waals surface area contributed by atoms with Gasteiger partial charge in [-0.15, -0.1) is 0 Å². The lowest BCUT2D eigenvalue weighted by Gasteiger charge is -2.20. The van der Waals surface area contributed by atoms with Crippen molar-refractivity contribution in [2.24, 2.45) is 0 Å². The maximum Gasteiger partial charge on any atom is 0.164 e. The van der Waals surface area contributed by atoms with Gasteiger partial charge in [0.2, 0.25) is 0 Å². The molecule has 18 heavy (non-hydrogen) atoms. The van der Waals surface area contributed by atoms with Crippen LogP contribution in [-0.4, -0.2) is 54.1 Å². The normalized spacial score (nSPS) is 31.2. The van der Waals surface area contributed by atoms with Crippen LogP contribution in [0.15, 0.2) is 0 Å². The highest BCUT2D eigenvalue weighted by atomic mass is 16.8. The first kappa shape index (κ1) is 20.1. The van der Waals surface area contributed by atoms with Crippen LogP contribution in [0.5, 0.6) is 0 Å². The van der Waals surface area contributed by atoms with Crippen molar-refractivity contribution in [2.45, 2.75) is 66.1 Å². The number of ether oxygens (including phenoxy) is 3. The molecule has 2 aliphatic rings. The average molecular weight is 266 g/mol. The van der Waals surface area contributed by atoms with Crippen LogP contribution in [0.3, 0.4) is 0 Å². The van der Waals surface area contributed by atoms with Gasteiger partial charge >= 0.3 is 0 Å². The van der Waals surface area contributed by atoms with E-state index in [1.165, 1.54) is 0 Å². The highest BCUT2D eigenvalue weighted by molar-refractivity contribution is 4.91. The van der Waals surface area contributed by atoms with Gasteiger partial charge in [0.05, 0.1) is 13.2 Å². The zero-order valence-electron chi connectivity index (χ0n) is 11.5. The molecule has 3 atom stereocenters. The van der Waals surface area contributed by atoms with Gasteiger partial charge < -0.3 is 24.4 Å². The fourth-order valence-corrected chi connectivity index (χ4v) is 1.78. The number of hydrogen-bond donors (Lipinski definition) is 2. The van der Waals surface area contributed by atoms with Gasteiger partial charge in [-0.2, -0.15) is 0 Å². The Kier molecular flexibility index (Phi) is 10.8. The zero-order chi connectivity index (χ0) is 13.5. The SMILES string of the molecule is C.CC.CC1(C)OC2C(CO)OC[C@H]2O1.CCO. The highest BCUT2D eigenvalue weighted by Gasteiger charge is 2.49. The van der Waals surface area contributed by atoms with E-state index in [1.54, 1.807) is 6.92 Å². The topological polar surface area (TPSA) is 68.2 Å². The quantitative estimate of drug-likeness (QED) is 0.754. The molecule has 2 saturated heterocycles. The minimum atomic E-state index is -0.521. The van der Waals surface area contributed by atoms with Crippen molar-refractivity contribution in [3.05, 3.63) is 0 Å². The van der Waals surface area contributed by atoms with Crippen LogP contribution >= 0.6 is 0 Å². The van der Waals surface area contributed by atoms with Crippen molar-refractivity contribution in [3.63, 3.8) is 0 Å². The summed E-state index contributed by atoms with van der Waals surface area (Å²) in [6.07, 6.45) is -0.307. The number of aliphatic hydroxyl groups excluding tert-OH is 2. The standard InChI is InChI=1S/C8H14O4.C2H6O.C2H6.CH4/c1-8(2)11-6-4-10-5(3-9)7(6)12-8;1-2-3;1-2;/h5-7,9H,3-4H2,1-2H3;3H,2H2,1H3;1-2H3;1H4/t5?,6-,7?;;;/m1.../s1. The van der Waals surface area contributed by atoms with Gasteiger partial charge in [-0.05, 0) is 20.8 Å². The fourth-order valence-electron chi connectivity index (χ4n) is 1.78.